The van der Waals surface area contributed by atoms with Crippen molar-refractivity contribution in [2.24, 2.45) is 0 Å². The van der Waals surface area contributed by atoms with Gasteiger partial charge in [0.2, 0.25) is 5.91 Å². The van der Waals surface area contributed by atoms with E-state index in [9.17, 15) is 4.79 Å². The summed E-state index contributed by atoms with van der Waals surface area (Å²) >= 11 is 0. The Morgan fingerprint density at radius 1 is 1.40 bits per heavy atom. The van der Waals surface area contributed by atoms with Crippen LogP contribution in [0.3, 0.4) is 0 Å². The van der Waals surface area contributed by atoms with Crippen LogP contribution < -0.4 is 15.4 Å². The minimum atomic E-state index is -0.0950. The fourth-order valence-corrected chi connectivity index (χ4v) is 2.62. The molecule has 0 aliphatic carbocycles. The number of anilines is 1. The molecule has 2 aliphatic heterocycles. The van der Waals surface area contributed by atoms with Crippen LogP contribution in [-0.4, -0.2) is 38.3 Å². The van der Waals surface area contributed by atoms with Crippen molar-refractivity contribution in [3.05, 3.63) is 23.8 Å². The monoisotopic (exact) mass is 276 g/mol. The first-order valence-corrected chi connectivity index (χ1v) is 7.19. The van der Waals surface area contributed by atoms with Crippen LogP contribution in [0.2, 0.25) is 0 Å². The van der Waals surface area contributed by atoms with Crippen molar-refractivity contribution >= 4 is 11.6 Å². The van der Waals surface area contributed by atoms with E-state index in [0.717, 1.165) is 56.0 Å². The molecule has 20 heavy (non-hydrogen) atoms. The average molecular weight is 276 g/mol. The molecular formula is C15H20N2O3. The van der Waals surface area contributed by atoms with Crippen LogP contribution >= 0.6 is 0 Å². The smallest absolute Gasteiger partial charge is 0.250 e. The van der Waals surface area contributed by atoms with Crippen LogP contribution in [0.5, 0.6) is 5.75 Å². The Balaban J connectivity index is 1.48. The molecule has 2 heterocycles. The maximum absolute atomic E-state index is 11.9. The molecule has 3 rings (SSSR count). The number of amides is 1. The van der Waals surface area contributed by atoms with Crippen LogP contribution in [0.4, 0.5) is 5.69 Å². The molecule has 1 saturated heterocycles. The summed E-state index contributed by atoms with van der Waals surface area (Å²) in [6.07, 6.45) is 3.06. The summed E-state index contributed by atoms with van der Waals surface area (Å²) < 4.78 is 11.1. The molecular weight excluding hydrogens is 256 g/mol. The Kier molecular flexibility index (Phi) is 4.18. The molecule has 1 aromatic carbocycles. The second-order valence-electron chi connectivity index (χ2n) is 5.23. The van der Waals surface area contributed by atoms with Gasteiger partial charge < -0.3 is 20.1 Å². The van der Waals surface area contributed by atoms with Crippen LogP contribution in [-0.2, 0) is 16.0 Å². The van der Waals surface area contributed by atoms with E-state index >= 15 is 0 Å². The van der Waals surface area contributed by atoms with E-state index in [0.29, 0.717) is 0 Å². The Bertz CT molecular complexity index is 484. The average Bonchev–Trinajstić information content (AvgIpc) is 2.94. The van der Waals surface area contributed by atoms with Gasteiger partial charge in [-0.2, -0.15) is 0 Å². The minimum Gasteiger partial charge on any atom is -0.493 e. The van der Waals surface area contributed by atoms with E-state index in [1.807, 2.05) is 18.2 Å². The number of ether oxygens (including phenoxy) is 2. The third kappa shape index (κ3) is 3.29. The second-order valence-corrected chi connectivity index (χ2v) is 5.23. The fraction of sp³-hybridized carbons (Fsp3) is 0.533. The topological polar surface area (TPSA) is 59.6 Å². The molecule has 1 aromatic rings. The van der Waals surface area contributed by atoms with Crippen molar-refractivity contribution in [1.29, 1.82) is 0 Å². The van der Waals surface area contributed by atoms with Gasteiger partial charge >= 0.3 is 0 Å². The first-order chi connectivity index (χ1) is 9.81. The number of hydrogen-bond acceptors (Lipinski definition) is 4. The SMILES string of the molecule is O=C(COC1CCNCC1)Nc1ccc2c(c1)CCO2. The Hall–Kier alpha value is -1.59. The van der Waals surface area contributed by atoms with Crippen molar-refractivity contribution in [2.45, 2.75) is 25.4 Å². The predicted octanol–water partition coefficient (Wildman–Crippen LogP) is 1.33. The van der Waals surface area contributed by atoms with Crippen LogP contribution in [0.15, 0.2) is 18.2 Å². The molecule has 0 spiro atoms. The molecule has 5 nitrogen and oxygen atoms in total. The lowest BCUT2D eigenvalue weighted by Crippen LogP contribution is -2.34. The normalized spacial score (nSPS) is 18.4. The van der Waals surface area contributed by atoms with E-state index in [1.165, 1.54) is 0 Å². The van der Waals surface area contributed by atoms with Gasteiger partial charge in [-0.1, -0.05) is 0 Å². The minimum absolute atomic E-state index is 0.0950. The Morgan fingerprint density at radius 2 is 2.25 bits per heavy atom. The molecule has 108 valence electrons. The molecule has 5 heteroatoms. The molecule has 0 bridgehead atoms. The standard InChI is InChI=1S/C15H20N2O3/c18-15(10-20-13-3-6-16-7-4-13)17-12-1-2-14-11(9-12)5-8-19-14/h1-2,9,13,16H,3-8,10H2,(H,17,18). The zero-order valence-corrected chi connectivity index (χ0v) is 11.5. The lowest BCUT2D eigenvalue weighted by molar-refractivity contribution is -0.123. The summed E-state index contributed by atoms with van der Waals surface area (Å²) in [6.45, 7) is 2.79. The third-order valence-electron chi connectivity index (χ3n) is 3.71. The number of hydrogen-bond donors (Lipinski definition) is 2. The van der Waals surface area contributed by atoms with Crippen molar-refractivity contribution in [2.75, 3.05) is 31.6 Å². The summed E-state index contributed by atoms with van der Waals surface area (Å²) in [5, 5.41) is 6.15. The zero-order chi connectivity index (χ0) is 13.8. The molecule has 0 saturated carbocycles. The number of carbonyl (C=O) groups excluding carboxylic acids is 1. The van der Waals surface area contributed by atoms with E-state index in [1.54, 1.807) is 0 Å². The summed E-state index contributed by atoms with van der Waals surface area (Å²) in [6, 6.07) is 5.75. The third-order valence-corrected chi connectivity index (χ3v) is 3.71. The zero-order valence-electron chi connectivity index (χ0n) is 11.5. The van der Waals surface area contributed by atoms with Gasteiger partial charge in [-0.05, 0) is 49.7 Å². The first-order valence-electron chi connectivity index (χ1n) is 7.19. The van der Waals surface area contributed by atoms with Gasteiger partial charge in [-0.3, -0.25) is 4.79 Å². The molecule has 0 unspecified atom stereocenters. The maximum Gasteiger partial charge on any atom is 0.250 e. The first kappa shape index (κ1) is 13.4. The van der Waals surface area contributed by atoms with Crippen molar-refractivity contribution in [3.63, 3.8) is 0 Å². The molecule has 0 atom stereocenters. The number of fused-ring (bicyclic) bond motifs is 1. The van der Waals surface area contributed by atoms with Gasteiger partial charge in [0.25, 0.3) is 0 Å². The van der Waals surface area contributed by atoms with Crippen LogP contribution in [0.1, 0.15) is 18.4 Å². The lowest BCUT2D eigenvalue weighted by Gasteiger charge is -2.22. The van der Waals surface area contributed by atoms with Crippen LogP contribution in [0, 0.1) is 0 Å². The van der Waals surface area contributed by atoms with Gasteiger partial charge in [0.1, 0.15) is 12.4 Å². The highest BCUT2D eigenvalue weighted by Gasteiger charge is 2.16. The molecule has 1 amide bonds. The predicted molar refractivity (Wildman–Crippen MR) is 76.1 cm³/mol. The van der Waals surface area contributed by atoms with Gasteiger partial charge in [0, 0.05) is 12.1 Å². The summed E-state index contributed by atoms with van der Waals surface area (Å²) in [7, 11) is 0. The van der Waals surface area contributed by atoms with Crippen molar-refractivity contribution in [1.82, 2.24) is 5.32 Å². The number of nitrogens with one attached hydrogen (secondary N) is 2. The van der Waals surface area contributed by atoms with Gasteiger partial charge in [-0.15, -0.1) is 0 Å². The Morgan fingerprint density at radius 3 is 3.10 bits per heavy atom. The largest absolute Gasteiger partial charge is 0.493 e. The molecule has 0 radical (unpaired) electrons. The number of benzene rings is 1. The van der Waals surface area contributed by atoms with Crippen molar-refractivity contribution < 1.29 is 14.3 Å². The second kappa shape index (κ2) is 6.24. The summed E-state index contributed by atoms with van der Waals surface area (Å²) in [5.41, 5.74) is 1.97. The lowest BCUT2D eigenvalue weighted by atomic mass is 10.1. The molecule has 0 aromatic heterocycles. The van der Waals surface area contributed by atoms with E-state index in [-0.39, 0.29) is 18.6 Å². The number of rotatable bonds is 4. The maximum atomic E-state index is 11.9. The van der Waals surface area contributed by atoms with E-state index in [4.69, 9.17) is 9.47 Å². The highest BCUT2D eigenvalue weighted by molar-refractivity contribution is 5.91. The van der Waals surface area contributed by atoms with Gasteiger partial charge in [0.05, 0.1) is 12.7 Å². The van der Waals surface area contributed by atoms with E-state index < -0.39 is 0 Å². The molecule has 2 N–H and O–H groups in total. The van der Waals surface area contributed by atoms with Gasteiger partial charge in [-0.25, -0.2) is 0 Å². The summed E-state index contributed by atoms with van der Waals surface area (Å²) in [5.74, 6) is 0.830. The van der Waals surface area contributed by atoms with Gasteiger partial charge in [0.15, 0.2) is 0 Å². The molecule has 2 aliphatic rings. The fourth-order valence-electron chi connectivity index (χ4n) is 2.62. The Labute approximate surface area is 118 Å². The van der Waals surface area contributed by atoms with Crippen LogP contribution in [0.25, 0.3) is 0 Å². The highest BCUT2D eigenvalue weighted by Crippen LogP contribution is 2.27. The number of piperidine rings is 1. The molecule has 1 fully saturated rings. The quantitative estimate of drug-likeness (QED) is 0.871. The highest BCUT2D eigenvalue weighted by atomic mass is 16.5. The van der Waals surface area contributed by atoms with Crippen molar-refractivity contribution in [3.8, 4) is 5.75 Å². The summed E-state index contributed by atoms with van der Waals surface area (Å²) in [4.78, 5) is 11.9. The number of carbonyl (C=O) groups is 1. The van der Waals surface area contributed by atoms with E-state index in [2.05, 4.69) is 10.6 Å².